The summed E-state index contributed by atoms with van der Waals surface area (Å²) in [6.07, 6.45) is -1.81. The minimum Gasteiger partial charge on any atom is -0.504 e. The Morgan fingerprint density at radius 3 is 2.89 bits per heavy atom. The second-order valence-electron chi connectivity index (χ2n) is 8.40. The van der Waals surface area contributed by atoms with Crippen LogP contribution in [0, 0.1) is 5.82 Å². The summed E-state index contributed by atoms with van der Waals surface area (Å²) in [5, 5.41) is 21.2. The number of aromatic hydroxyl groups is 1. The van der Waals surface area contributed by atoms with Crippen molar-refractivity contribution >= 4 is 23.1 Å². The summed E-state index contributed by atoms with van der Waals surface area (Å²) in [6, 6.07) is 7.20. The van der Waals surface area contributed by atoms with E-state index in [1.165, 1.54) is 25.3 Å². The predicted molar refractivity (Wildman–Crippen MR) is 123 cm³/mol. The van der Waals surface area contributed by atoms with Gasteiger partial charge in [0, 0.05) is 30.6 Å². The van der Waals surface area contributed by atoms with E-state index in [9.17, 15) is 18.3 Å². The molecule has 0 bridgehead atoms. The number of anilines is 2. The number of hydrogen-bond donors (Lipinski definition) is 2. The molecular weight excluding hydrogens is 487 g/mol. The van der Waals surface area contributed by atoms with Crippen molar-refractivity contribution in [2.45, 2.75) is 30.4 Å². The fraction of sp³-hybridized carbons (Fsp3) is 0.348. The van der Waals surface area contributed by atoms with Gasteiger partial charge in [-0.25, -0.2) is 18.2 Å². The first-order valence-electron chi connectivity index (χ1n) is 10.8. The Hall–Kier alpha value is -3.47. The molecule has 8 nitrogen and oxygen atoms in total. The first-order valence-corrected chi connectivity index (χ1v) is 11.3. The molecule has 0 spiro atoms. The summed E-state index contributed by atoms with van der Waals surface area (Å²) in [6.45, 7) is 0.0356. The van der Waals surface area contributed by atoms with Crippen LogP contribution in [0.1, 0.15) is 12.0 Å². The van der Waals surface area contributed by atoms with Crippen molar-refractivity contribution in [3.05, 3.63) is 47.9 Å². The van der Waals surface area contributed by atoms with Crippen molar-refractivity contribution in [3.63, 3.8) is 0 Å². The van der Waals surface area contributed by atoms with E-state index >= 15 is 0 Å². The molecule has 0 aliphatic carbocycles. The molecule has 1 aromatic carbocycles. The van der Waals surface area contributed by atoms with Gasteiger partial charge in [0.15, 0.2) is 23.1 Å². The number of phenolic OH excluding ortho intramolecular Hbond substituents is 1. The van der Waals surface area contributed by atoms with Crippen molar-refractivity contribution < 1.29 is 27.8 Å². The monoisotopic (exact) mass is 507 g/mol. The number of nitrogens with one attached hydrogen (secondary N) is 1. The number of nitrogens with zero attached hydrogens (tertiary/aromatic N) is 4. The van der Waals surface area contributed by atoms with E-state index in [4.69, 9.17) is 21.1 Å². The molecule has 2 aromatic heterocycles. The topological polar surface area (TPSA) is 92.6 Å². The number of ether oxygens (including phenoxy) is 2. The van der Waals surface area contributed by atoms with Gasteiger partial charge < -0.3 is 24.8 Å². The summed E-state index contributed by atoms with van der Waals surface area (Å²) in [5.74, 6) is -0.328. The van der Waals surface area contributed by atoms with Crippen LogP contribution in [0.5, 0.6) is 17.4 Å². The molecule has 184 valence electrons. The van der Waals surface area contributed by atoms with Gasteiger partial charge in [0.05, 0.1) is 25.0 Å². The van der Waals surface area contributed by atoms with Crippen molar-refractivity contribution in [2.24, 2.45) is 0 Å². The van der Waals surface area contributed by atoms with Crippen LogP contribution < -0.4 is 19.7 Å². The van der Waals surface area contributed by atoms with E-state index in [2.05, 4.69) is 20.5 Å². The highest BCUT2D eigenvalue weighted by molar-refractivity contribution is 6.17. The second-order valence-corrected chi connectivity index (χ2v) is 8.66. The number of phenols is 1. The van der Waals surface area contributed by atoms with Gasteiger partial charge in [0.2, 0.25) is 0 Å². The first kappa shape index (κ1) is 23.3. The molecule has 0 saturated carbocycles. The lowest BCUT2D eigenvalue weighted by molar-refractivity contribution is 0.0526. The maximum Gasteiger partial charge on any atom is 0.263 e. The molecule has 2 unspecified atom stereocenters. The molecule has 1 fully saturated rings. The number of para-hydroxylation sites is 1. The summed E-state index contributed by atoms with van der Waals surface area (Å²) >= 11 is 5.86. The molecular formula is C23H21ClF3N5O3. The standard InChI is InChI=1S/C23H21ClF3N5O3/c1-34-18-5-12(8-24)9-28-21(18)35-13-7-23(22(26)27)11-29-20-17(32(23)10-13)6-16(30-31-20)14-3-2-4-15(25)19(14)33/h2-6,9,13,22,33H,7-8,10-11H2,1H3,(H,29,31). The summed E-state index contributed by atoms with van der Waals surface area (Å²) in [7, 11) is 1.46. The third-order valence-corrected chi connectivity index (χ3v) is 6.64. The van der Waals surface area contributed by atoms with Crippen molar-refractivity contribution in [3.8, 4) is 28.6 Å². The molecule has 0 amide bonds. The average Bonchev–Trinajstić information content (AvgIpc) is 3.26. The normalized spacial score (nSPS) is 20.9. The number of methoxy groups -OCH3 is 1. The predicted octanol–water partition coefficient (Wildman–Crippen LogP) is 4.22. The third-order valence-electron chi connectivity index (χ3n) is 6.33. The summed E-state index contributed by atoms with van der Waals surface area (Å²) in [4.78, 5) is 5.79. The fourth-order valence-electron chi connectivity index (χ4n) is 4.57. The van der Waals surface area contributed by atoms with E-state index in [0.29, 0.717) is 17.3 Å². The highest BCUT2D eigenvalue weighted by Gasteiger charge is 2.56. The molecule has 0 radical (unpaired) electrons. The SMILES string of the molecule is COc1cc(CCl)cnc1OC1CN2c3cc(-c4cccc(F)c4O)nnc3NCC2(C(F)F)C1. The smallest absolute Gasteiger partial charge is 0.263 e. The van der Waals surface area contributed by atoms with E-state index in [-0.39, 0.29) is 42.5 Å². The zero-order chi connectivity index (χ0) is 24.7. The number of benzene rings is 1. The Morgan fingerprint density at radius 1 is 1.31 bits per heavy atom. The molecule has 5 rings (SSSR count). The molecule has 2 aliphatic rings. The van der Waals surface area contributed by atoms with Crippen LogP contribution in [-0.4, -0.2) is 58.6 Å². The van der Waals surface area contributed by atoms with Gasteiger partial charge in [-0.1, -0.05) is 6.07 Å². The molecule has 4 heterocycles. The number of rotatable bonds is 6. The Kier molecular flexibility index (Phi) is 5.96. The van der Waals surface area contributed by atoms with Gasteiger partial charge in [0.1, 0.15) is 11.6 Å². The van der Waals surface area contributed by atoms with Crippen LogP contribution >= 0.6 is 11.6 Å². The van der Waals surface area contributed by atoms with Gasteiger partial charge >= 0.3 is 0 Å². The number of halogens is 4. The third kappa shape index (κ3) is 3.93. The number of hydrogen-bond acceptors (Lipinski definition) is 8. The molecule has 35 heavy (non-hydrogen) atoms. The maximum absolute atomic E-state index is 14.5. The van der Waals surface area contributed by atoms with Gasteiger partial charge in [0.25, 0.3) is 12.3 Å². The first-order chi connectivity index (χ1) is 16.9. The van der Waals surface area contributed by atoms with Gasteiger partial charge in [-0.3, -0.25) is 0 Å². The van der Waals surface area contributed by atoms with Crippen LogP contribution in [0.25, 0.3) is 11.3 Å². The average molecular weight is 508 g/mol. The minimum atomic E-state index is -2.72. The molecule has 2 N–H and O–H groups in total. The minimum absolute atomic E-state index is 0.00205. The van der Waals surface area contributed by atoms with Crippen LogP contribution in [-0.2, 0) is 5.88 Å². The number of alkyl halides is 3. The van der Waals surface area contributed by atoms with E-state index in [1.807, 2.05) is 0 Å². The largest absolute Gasteiger partial charge is 0.504 e. The summed E-state index contributed by atoms with van der Waals surface area (Å²) < 4.78 is 54.3. The number of fused-ring (bicyclic) bond motifs is 3. The van der Waals surface area contributed by atoms with Crippen LogP contribution in [0.2, 0.25) is 0 Å². The Morgan fingerprint density at radius 2 is 2.14 bits per heavy atom. The van der Waals surface area contributed by atoms with E-state index in [0.717, 1.165) is 11.6 Å². The lowest BCUT2D eigenvalue weighted by Crippen LogP contribution is -2.57. The van der Waals surface area contributed by atoms with Crippen LogP contribution in [0.15, 0.2) is 36.5 Å². The van der Waals surface area contributed by atoms with Gasteiger partial charge in [-0.2, -0.15) is 0 Å². The van der Waals surface area contributed by atoms with Crippen LogP contribution in [0.4, 0.5) is 24.7 Å². The molecule has 2 atom stereocenters. The van der Waals surface area contributed by atoms with E-state index < -0.39 is 29.6 Å². The number of pyridine rings is 1. The van der Waals surface area contributed by atoms with Gasteiger partial charge in [-0.05, 0) is 29.8 Å². The quantitative estimate of drug-likeness (QED) is 0.479. The lowest BCUT2D eigenvalue weighted by Gasteiger charge is -2.43. The molecule has 12 heteroatoms. The van der Waals surface area contributed by atoms with Crippen LogP contribution in [0.3, 0.4) is 0 Å². The highest BCUT2D eigenvalue weighted by atomic mass is 35.5. The van der Waals surface area contributed by atoms with E-state index in [1.54, 1.807) is 17.2 Å². The molecule has 1 saturated heterocycles. The lowest BCUT2D eigenvalue weighted by atomic mass is 9.93. The Labute approximate surface area is 203 Å². The van der Waals surface area contributed by atoms with Gasteiger partial charge in [-0.15, -0.1) is 21.8 Å². The molecule has 2 aliphatic heterocycles. The zero-order valence-corrected chi connectivity index (χ0v) is 19.3. The zero-order valence-electron chi connectivity index (χ0n) is 18.5. The fourth-order valence-corrected chi connectivity index (χ4v) is 4.71. The maximum atomic E-state index is 14.5. The Balaban J connectivity index is 1.50. The van der Waals surface area contributed by atoms with Crippen molar-refractivity contribution in [1.82, 2.24) is 15.2 Å². The summed E-state index contributed by atoms with van der Waals surface area (Å²) in [5.41, 5.74) is -0.237. The second kappa shape index (κ2) is 8.95. The number of aromatic nitrogens is 3. The Bertz CT molecular complexity index is 1270. The van der Waals surface area contributed by atoms with Crippen molar-refractivity contribution in [1.29, 1.82) is 0 Å². The highest BCUT2D eigenvalue weighted by Crippen LogP contribution is 2.46. The van der Waals surface area contributed by atoms with Crippen molar-refractivity contribution in [2.75, 3.05) is 30.4 Å². The molecule has 3 aromatic rings.